The van der Waals surface area contributed by atoms with E-state index in [0.29, 0.717) is 12.5 Å². The van der Waals surface area contributed by atoms with Crippen molar-refractivity contribution in [2.75, 3.05) is 13.1 Å². The van der Waals surface area contributed by atoms with Gasteiger partial charge in [-0.3, -0.25) is 4.90 Å². The van der Waals surface area contributed by atoms with E-state index < -0.39 is 5.60 Å². The molecule has 0 amide bonds. The van der Waals surface area contributed by atoms with Gasteiger partial charge in [0.2, 0.25) is 0 Å². The van der Waals surface area contributed by atoms with Crippen LogP contribution < -0.4 is 0 Å². The zero-order valence-electron chi connectivity index (χ0n) is 10.9. The van der Waals surface area contributed by atoms with Crippen molar-refractivity contribution in [1.29, 1.82) is 0 Å². The molecule has 3 heteroatoms. The predicted molar refractivity (Wildman–Crippen MR) is 70.1 cm³/mol. The summed E-state index contributed by atoms with van der Waals surface area (Å²) in [6, 6.07) is 9.93. The molecule has 0 radical (unpaired) electrons. The first kappa shape index (κ1) is 12.2. The van der Waals surface area contributed by atoms with E-state index in [1.54, 1.807) is 0 Å². The number of hydrogen-bond acceptors (Lipinski definition) is 3. The van der Waals surface area contributed by atoms with E-state index in [1.807, 2.05) is 37.3 Å². The van der Waals surface area contributed by atoms with Crippen molar-refractivity contribution in [3.05, 3.63) is 35.9 Å². The third-order valence-electron chi connectivity index (χ3n) is 4.28. The largest absolute Gasteiger partial charge is 0.381 e. The maximum absolute atomic E-state index is 11.1. The number of fused-ring (bicyclic) bond motifs is 2. The van der Waals surface area contributed by atoms with Gasteiger partial charge < -0.3 is 9.84 Å². The lowest BCUT2D eigenvalue weighted by Gasteiger charge is -2.37. The van der Waals surface area contributed by atoms with Gasteiger partial charge >= 0.3 is 0 Å². The summed E-state index contributed by atoms with van der Waals surface area (Å²) in [5.41, 5.74) is 0.0745. The van der Waals surface area contributed by atoms with E-state index in [1.165, 1.54) is 6.42 Å². The first-order valence-corrected chi connectivity index (χ1v) is 6.91. The molecule has 1 aromatic carbocycles. The van der Waals surface area contributed by atoms with Crippen LogP contribution in [0, 0.1) is 0 Å². The highest BCUT2D eigenvalue weighted by atomic mass is 16.5. The average molecular weight is 247 g/mol. The molecule has 2 aliphatic rings. The van der Waals surface area contributed by atoms with Gasteiger partial charge in [0.25, 0.3) is 0 Å². The lowest BCUT2D eigenvalue weighted by molar-refractivity contribution is -0.147. The van der Waals surface area contributed by atoms with Crippen LogP contribution in [0.15, 0.2) is 30.3 Å². The molecule has 0 spiro atoms. The van der Waals surface area contributed by atoms with Crippen molar-refractivity contribution in [2.24, 2.45) is 0 Å². The van der Waals surface area contributed by atoms with E-state index in [2.05, 4.69) is 4.90 Å². The molecule has 2 saturated heterocycles. The Morgan fingerprint density at radius 3 is 2.83 bits per heavy atom. The summed E-state index contributed by atoms with van der Waals surface area (Å²) in [6.45, 7) is 4.04. The Hall–Kier alpha value is -0.900. The topological polar surface area (TPSA) is 32.7 Å². The maximum atomic E-state index is 11.1. The Bertz CT molecular complexity index is 408. The highest BCUT2D eigenvalue weighted by Crippen LogP contribution is 2.38. The van der Waals surface area contributed by atoms with E-state index in [-0.39, 0.29) is 6.23 Å². The number of rotatable bonds is 3. The number of hydrogen-bond donors (Lipinski definition) is 1. The third-order valence-corrected chi connectivity index (χ3v) is 4.28. The minimum absolute atomic E-state index is 0.183. The number of aliphatic hydroxyl groups is 1. The fourth-order valence-corrected chi connectivity index (χ4v) is 3.22. The van der Waals surface area contributed by atoms with Crippen LogP contribution in [0.2, 0.25) is 0 Å². The van der Waals surface area contributed by atoms with Crippen LogP contribution in [-0.4, -0.2) is 35.4 Å². The van der Waals surface area contributed by atoms with Crippen LogP contribution in [0.25, 0.3) is 0 Å². The van der Waals surface area contributed by atoms with E-state index >= 15 is 0 Å². The van der Waals surface area contributed by atoms with Gasteiger partial charge in [-0.15, -0.1) is 0 Å². The van der Waals surface area contributed by atoms with Gasteiger partial charge in [-0.1, -0.05) is 37.3 Å². The third kappa shape index (κ3) is 1.87. The van der Waals surface area contributed by atoms with Crippen LogP contribution in [0.3, 0.4) is 0 Å². The van der Waals surface area contributed by atoms with E-state index in [0.717, 1.165) is 25.1 Å². The smallest absolute Gasteiger partial charge is 0.144 e. The van der Waals surface area contributed by atoms with Crippen LogP contribution in [0.1, 0.15) is 31.7 Å². The lowest BCUT2D eigenvalue weighted by Crippen LogP contribution is -2.48. The molecule has 0 aliphatic carbocycles. The molecule has 0 saturated carbocycles. The molecule has 3 nitrogen and oxygen atoms in total. The molecular formula is C15H21NO2. The zero-order chi connectivity index (χ0) is 12.6. The molecule has 1 N–H and O–H groups in total. The predicted octanol–water partition coefficient (Wildman–Crippen LogP) is 2.10. The molecule has 18 heavy (non-hydrogen) atoms. The highest BCUT2D eigenvalue weighted by Gasteiger charge is 2.48. The fraction of sp³-hybridized carbons (Fsp3) is 0.600. The summed E-state index contributed by atoms with van der Waals surface area (Å²) in [4.78, 5) is 2.30. The number of benzene rings is 1. The first-order valence-electron chi connectivity index (χ1n) is 6.91. The summed E-state index contributed by atoms with van der Waals surface area (Å²) in [5, 5.41) is 11.1. The minimum Gasteiger partial charge on any atom is -0.381 e. The quantitative estimate of drug-likeness (QED) is 0.888. The summed E-state index contributed by atoms with van der Waals surface area (Å²) in [6.07, 6.45) is 3.10. The molecule has 2 bridgehead atoms. The Morgan fingerprint density at radius 1 is 1.39 bits per heavy atom. The second kappa shape index (κ2) is 4.65. The number of ether oxygens (including phenoxy) is 1. The van der Waals surface area contributed by atoms with Crippen molar-refractivity contribution in [3.63, 3.8) is 0 Å². The van der Waals surface area contributed by atoms with Crippen molar-refractivity contribution >= 4 is 0 Å². The maximum Gasteiger partial charge on any atom is 0.144 e. The summed E-state index contributed by atoms with van der Waals surface area (Å²) in [7, 11) is 0. The van der Waals surface area contributed by atoms with Gasteiger partial charge in [-0.05, 0) is 24.8 Å². The molecule has 2 aliphatic heterocycles. The van der Waals surface area contributed by atoms with Crippen molar-refractivity contribution in [3.8, 4) is 0 Å². The molecule has 4 atom stereocenters. The zero-order valence-corrected chi connectivity index (χ0v) is 10.9. The fourth-order valence-electron chi connectivity index (χ4n) is 3.22. The van der Waals surface area contributed by atoms with Crippen molar-refractivity contribution in [2.45, 2.75) is 44.1 Å². The molecule has 2 fully saturated rings. The second-order valence-corrected chi connectivity index (χ2v) is 5.39. The van der Waals surface area contributed by atoms with E-state index in [9.17, 15) is 5.11 Å². The Balaban J connectivity index is 1.92. The summed E-state index contributed by atoms with van der Waals surface area (Å²) >= 11 is 0. The second-order valence-electron chi connectivity index (χ2n) is 5.39. The van der Waals surface area contributed by atoms with E-state index in [4.69, 9.17) is 4.74 Å². The normalized spacial score (nSPS) is 34.2. The van der Waals surface area contributed by atoms with Crippen LogP contribution in [-0.2, 0) is 10.3 Å². The van der Waals surface area contributed by atoms with Crippen LogP contribution >= 0.6 is 0 Å². The van der Waals surface area contributed by atoms with Gasteiger partial charge in [0.05, 0.1) is 6.10 Å². The number of nitrogens with zero attached hydrogens (tertiary/aromatic N) is 1. The van der Waals surface area contributed by atoms with Gasteiger partial charge in [0, 0.05) is 13.1 Å². The molecule has 2 heterocycles. The summed E-state index contributed by atoms with van der Waals surface area (Å²) in [5.74, 6) is 0. The standard InChI is InChI=1S/C15H21NO2/c1-2-15(17,12-7-4-3-5-8-12)14-16-10-6-9-13(11-16)18-14/h3-5,7-8,13-14,17H,2,6,9-11H2,1H3/t13-,14-,15+/m1/s1. The monoisotopic (exact) mass is 247 g/mol. The van der Waals surface area contributed by atoms with Crippen molar-refractivity contribution < 1.29 is 9.84 Å². The Morgan fingerprint density at radius 2 is 2.17 bits per heavy atom. The van der Waals surface area contributed by atoms with Gasteiger partial charge in [0.1, 0.15) is 11.8 Å². The average Bonchev–Trinajstić information content (AvgIpc) is 2.74. The molecule has 98 valence electrons. The van der Waals surface area contributed by atoms with Crippen LogP contribution in [0.5, 0.6) is 0 Å². The number of piperidine rings is 1. The van der Waals surface area contributed by atoms with Gasteiger partial charge in [-0.2, -0.15) is 0 Å². The Labute approximate surface area is 108 Å². The molecular weight excluding hydrogens is 226 g/mol. The molecule has 1 aromatic rings. The van der Waals surface area contributed by atoms with Crippen molar-refractivity contribution in [1.82, 2.24) is 4.90 Å². The lowest BCUT2D eigenvalue weighted by atomic mass is 9.88. The summed E-state index contributed by atoms with van der Waals surface area (Å²) < 4.78 is 6.07. The minimum atomic E-state index is -0.889. The molecule has 3 rings (SSSR count). The Kier molecular flexibility index (Phi) is 3.14. The highest BCUT2D eigenvalue weighted by molar-refractivity contribution is 5.24. The van der Waals surface area contributed by atoms with Gasteiger partial charge in [-0.25, -0.2) is 0 Å². The van der Waals surface area contributed by atoms with Crippen LogP contribution in [0.4, 0.5) is 0 Å². The SMILES string of the molecule is CC[C@](O)(c1ccccc1)[C@H]1O[C@@H]2CCCN1C2. The molecule has 1 unspecified atom stereocenters. The van der Waals surface area contributed by atoms with Gasteiger partial charge in [0.15, 0.2) is 0 Å². The first-order chi connectivity index (χ1) is 8.74. The molecule has 0 aromatic heterocycles.